The molecular weight excluding hydrogens is 381 g/mol. The molecule has 0 amide bonds. The largest absolute Gasteiger partial charge is 0.416 e. The summed E-state index contributed by atoms with van der Waals surface area (Å²) in [5.41, 5.74) is 0.105. The molecule has 0 unspecified atom stereocenters. The monoisotopic (exact) mass is 394 g/mol. The van der Waals surface area contributed by atoms with Gasteiger partial charge in [-0.3, -0.25) is 10.1 Å². The highest BCUT2D eigenvalue weighted by atomic mass is 35.5. The molecule has 8 heteroatoms. The number of halogens is 4. The Bertz CT molecular complexity index is 958. The summed E-state index contributed by atoms with van der Waals surface area (Å²) < 4.78 is 40.6. The van der Waals surface area contributed by atoms with Gasteiger partial charge >= 0.3 is 6.18 Å². The molecule has 0 spiro atoms. The number of nitro benzene ring substituents is 1. The summed E-state index contributed by atoms with van der Waals surface area (Å²) in [6.45, 7) is 0. The molecular formula is C19H14ClF3N2O2. The van der Waals surface area contributed by atoms with Crippen molar-refractivity contribution in [3.05, 3.63) is 80.4 Å². The zero-order chi connectivity index (χ0) is 19.3. The van der Waals surface area contributed by atoms with Crippen molar-refractivity contribution in [2.75, 3.05) is 5.32 Å². The van der Waals surface area contributed by atoms with Crippen molar-refractivity contribution in [2.45, 2.75) is 24.6 Å². The number of hydrogen-bond acceptors (Lipinski definition) is 3. The van der Waals surface area contributed by atoms with E-state index in [1.807, 2.05) is 12.2 Å². The number of nitrogens with zero attached hydrogens (tertiary/aromatic N) is 1. The van der Waals surface area contributed by atoms with Crippen LogP contribution < -0.4 is 5.32 Å². The lowest BCUT2D eigenvalue weighted by Gasteiger charge is -2.38. The van der Waals surface area contributed by atoms with Gasteiger partial charge in [0, 0.05) is 12.0 Å². The van der Waals surface area contributed by atoms with Gasteiger partial charge in [0.15, 0.2) is 0 Å². The highest BCUT2D eigenvalue weighted by molar-refractivity contribution is 6.33. The normalized spacial score (nSPS) is 23.5. The Balaban J connectivity index is 1.90. The van der Waals surface area contributed by atoms with E-state index in [-0.39, 0.29) is 28.1 Å². The SMILES string of the molecule is O=[N+]([O-])c1ccc(Cl)c2c1[C@@H]1C=CC[C@@H]1[C@@H](c1ccccc1C(F)(F)F)N2. The van der Waals surface area contributed by atoms with E-state index in [0.29, 0.717) is 17.7 Å². The number of anilines is 1. The number of nitrogens with one attached hydrogen (secondary N) is 1. The van der Waals surface area contributed by atoms with Gasteiger partial charge in [0.05, 0.1) is 32.8 Å². The van der Waals surface area contributed by atoms with Crippen LogP contribution in [0.3, 0.4) is 0 Å². The van der Waals surface area contributed by atoms with Crippen LogP contribution in [0.15, 0.2) is 48.6 Å². The van der Waals surface area contributed by atoms with E-state index in [2.05, 4.69) is 5.32 Å². The second-order valence-corrected chi connectivity index (χ2v) is 7.08. The van der Waals surface area contributed by atoms with Gasteiger partial charge in [-0.1, -0.05) is 42.0 Å². The molecule has 3 atom stereocenters. The van der Waals surface area contributed by atoms with Crippen LogP contribution in [0.2, 0.25) is 5.02 Å². The minimum atomic E-state index is -4.49. The maximum atomic E-state index is 13.5. The second-order valence-electron chi connectivity index (χ2n) is 6.67. The Labute approximate surface area is 157 Å². The van der Waals surface area contributed by atoms with Crippen molar-refractivity contribution >= 4 is 23.0 Å². The fourth-order valence-corrected chi connectivity index (χ4v) is 4.37. The Kier molecular flexibility index (Phi) is 4.14. The average molecular weight is 395 g/mol. The topological polar surface area (TPSA) is 55.2 Å². The summed E-state index contributed by atoms with van der Waals surface area (Å²) in [6, 6.07) is 7.51. The third kappa shape index (κ3) is 2.86. The lowest BCUT2D eigenvalue weighted by atomic mass is 9.75. The van der Waals surface area contributed by atoms with Crippen molar-refractivity contribution in [1.29, 1.82) is 0 Å². The molecule has 0 saturated heterocycles. The third-order valence-corrected chi connectivity index (χ3v) is 5.56. The van der Waals surface area contributed by atoms with E-state index < -0.39 is 22.7 Å². The molecule has 1 N–H and O–H groups in total. The zero-order valence-corrected chi connectivity index (χ0v) is 14.6. The van der Waals surface area contributed by atoms with Gasteiger partial charge in [-0.25, -0.2) is 0 Å². The highest BCUT2D eigenvalue weighted by Gasteiger charge is 2.45. The molecule has 1 aliphatic heterocycles. The number of nitro groups is 1. The summed E-state index contributed by atoms with van der Waals surface area (Å²) in [5.74, 6) is -0.634. The Morgan fingerprint density at radius 1 is 1.19 bits per heavy atom. The molecule has 1 heterocycles. The molecule has 1 aliphatic carbocycles. The highest BCUT2D eigenvalue weighted by Crippen LogP contribution is 2.55. The van der Waals surface area contributed by atoms with Crippen LogP contribution in [0.1, 0.15) is 35.1 Å². The molecule has 27 heavy (non-hydrogen) atoms. The number of hydrogen-bond donors (Lipinski definition) is 1. The van der Waals surface area contributed by atoms with Gasteiger partial charge in [0.1, 0.15) is 0 Å². The van der Waals surface area contributed by atoms with E-state index in [0.717, 1.165) is 6.07 Å². The number of benzene rings is 2. The van der Waals surface area contributed by atoms with Crippen LogP contribution in [0.25, 0.3) is 0 Å². The van der Waals surface area contributed by atoms with E-state index in [4.69, 9.17) is 11.6 Å². The Morgan fingerprint density at radius 3 is 2.63 bits per heavy atom. The number of fused-ring (bicyclic) bond motifs is 3. The van der Waals surface area contributed by atoms with E-state index in [1.165, 1.54) is 24.3 Å². The van der Waals surface area contributed by atoms with Gasteiger partial charge in [-0.05, 0) is 30.0 Å². The summed E-state index contributed by atoms with van der Waals surface area (Å²) in [7, 11) is 0. The number of rotatable bonds is 2. The molecule has 2 aliphatic rings. The maximum Gasteiger partial charge on any atom is 0.416 e. The number of alkyl halides is 3. The zero-order valence-electron chi connectivity index (χ0n) is 13.8. The number of allylic oxidation sites excluding steroid dienone is 2. The molecule has 0 fully saturated rings. The third-order valence-electron chi connectivity index (χ3n) is 5.24. The van der Waals surface area contributed by atoms with Gasteiger partial charge in [0.25, 0.3) is 5.69 Å². The van der Waals surface area contributed by atoms with Crippen molar-refractivity contribution < 1.29 is 18.1 Å². The quantitative estimate of drug-likeness (QED) is 0.380. The smallest absolute Gasteiger partial charge is 0.376 e. The summed E-state index contributed by atoms with van der Waals surface area (Å²) in [4.78, 5) is 11.0. The van der Waals surface area contributed by atoms with E-state index in [1.54, 1.807) is 6.07 Å². The molecule has 0 radical (unpaired) electrons. The fourth-order valence-electron chi connectivity index (χ4n) is 4.15. The van der Waals surface area contributed by atoms with Gasteiger partial charge in [-0.15, -0.1) is 0 Å². The molecule has 2 aromatic rings. The molecule has 4 rings (SSSR count). The second kappa shape index (κ2) is 6.27. The van der Waals surface area contributed by atoms with Crippen LogP contribution >= 0.6 is 11.6 Å². The first kappa shape index (κ1) is 17.9. The van der Waals surface area contributed by atoms with Crippen molar-refractivity contribution in [2.24, 2.45) is 5.92 Å². The lowest BCUT2D eigenvalue weighted by Crippen LogP contribution is -2.31. The summed E-state index contributed by atoms with van der Waals surface area (Å²) in [6.07, 6.45) is -0.277. The Morgan fingerprint density at radius 2 is 1.93 bits per heavy atom. The van der Waals surface area contributed by atoms with Gasteiger partial charge in [0.2, 0.25) is 0 Å². The van der Waals surface area contributed by atoms with Crippen LogP contribution in [0.4, 0.5) is 24.5 Å². The Hall–Kier alpha value is -2.54. The predicted molar refractivity (Wildman–Crippen MR) is 95.9 cm³/mol. The summed E-state index contributed by atoms with van der Waals surface area (Å²) in [5, 5.41) is 14.8. The molecule has 2 aromatic carbocycles. The predicted octanol–water partition coefficient (Wildman–Crippen LogP) is 6.09. The summed E-state index contributed by atoms with van der Waals surface area (Å²) >= 11 is 6.26. The van der Waals surface area contributed by atoms with Crippen LogP contribution in [-0.2, 0) is 6.18 Å². The molecule has 4 nitrogen and oxygen atoms in total. The molecule has 140 valence electrons. The van der Waals surface area contributed by atoms with Crippen molar-refractivity contribution in [3.8, 4) is 0 Å². The van der Waals surface area contributed by atoms with Crippen LogP contribution in [0, 0.1) is 16.0 Å². The van der Waals surface area contributed by atoms with E-state index in [9.17, 15) is 23.3 Å². The van der Waals surface area contributed by atoms with Crippen molar-refractivity contribution in [3.63, 3.8) is 0 Å². The fraction of sp³-hybridized carbons (Fsp3) is 0.263. The first-order valence-corrected chi connectivity index (χ1v) is 8.73. The lowest BCUT2D eigenvalue weighted by molar-refractivity contribution is -0.385. The maximum absolute atomic E-state index is 13.5. The minimum Gasteiger partial charge on any atom is -0.376 e. The van der Waals surface area contributed by atoms with Crippen molar-refractivity contribution in [1.82, 2.24) is 0 Å². The standard InChI is InChI=1S/C19H14ClF3N2O2/c20-14-8-9-15(25(26)27)16-10-5-3-6-11(10)17(24-18(14)16)12-4-1-2-7-13(12)19(21,22)23/h1-5,7-11,17,24H,6H2/t10-,11+,17+/m1/s1. The molecule has 0 bridgehead atoms. The first-order valence-electron chi connectivity index (χ1n) is 8.35. The van der Waals surface area contributed by atoms with E-state index >= 15 is 0 Å². The molecule has 0 aromatic heterocycles. The van der Waals surface area contributed by atoms with Gasteiger partial charge in [-0.2, -0.15) is 13.2 Å². The minimum absolute atomic E-state index is 0.0778. The first-order chi connectivity index (χ1) is 12.8. The van der Waals surface area contributed by atoms with Crippen LogP contribution in [-0.4, -0.2) is 4.92 Å². The van der Waals surface area contributed by atoms with Crippen LogP contribution in [0.5, 0.6) is 0 Å². The van der Waals surface area contributed by atoms with Gasteiger partial charge < -0.3 is 5.32 Å². The average Bonchev–Trinajstić information content (AvgIpc) is 3.10. The molecule has 0 saturated carbocycles.